The molecule has 0 saturated heterocycles. The lowest BCUT2D eigenvalue weighted by molar-refractivity contribution is -0.121. The molecule has 0 aliphatic carbocycles. The van der Waals surface area contributed by atoms with Crippen molar-refractivity contribution in [3.63, 3.8) is 0 Å². The predicted octanol–water partition coefficient (Wildman–Crippen LogP) is 3.65. The van der Waals surface area contributed by atoms with Crippen LogP contribution < -0.4 is 11.1 Å². The second-order valence-corrected chi connectivity index (χ2v) is 9.24. The lowest BCUT2D eigenvalue weighted by Crippen LogP contribution is -2.27. The van der Waals surface area contributed by atoms with Crippen molar-refractivity contribution >= 4 is 34.6 Å². The van der Waals surface area contributed by atoms with Crippen LogP contribution in [-0.4, -0.2) is 39.5 Å². The molecule has 1 atom stereocenters. The van der Waals surface area contributed by atoms with Crippen LogP contribution in [0.1, 0.15) is 52.1 Å². The molecule has 0 radical (unpaired) electrons. The molecule has 1 aliphatic rings. The highest BCUT2D eigenvalue weighted by molar-refractivity contribution is 7.15. The summed E-state index contributed by atoms with van der Waals surface area (Å²) >= 11 is 7.82. The summed E-state index contributed by atoms with van der Waals surface area (Å²) in [6.07, 6.45) is 0.924. The van der Waals surface area contributed by atoms with Crippen LogP contribution in [0.15, 0.2) is 29.3 Å². The van der Waals surface area contributed by atoms with Crippen molar-refractivity contribution < 1.29 is 4.79 Å². The third-order valence-corrected chi connectivity index (χ3v) is 6.88. The van der Waals surface area contributed by atoms with Crippen molar-refractivity contribution in [1.82, 2.24) is 20.1 Å². The maximum absolute atomic E-state index is 12.6. The summed E-state index contributed by atoms with van der Waals surface area (Å²) in [5.74, 6) is 1.37. The Labute approximate surface area is 190 Å². The number of aryl methyl sites for hydroxylation is 2. The second-order valence-electron chi connectivity index (χ2n) is 7.60. The zero-order valence-corrected chi connectivity index (χ0v) is 19.3. The Hall–Kier alpha value is -2.55. The summed E-state index contributed by atoms with van der Waals surface area (Å²) in [6.45, 7) is 7.23. The van der Waals surface area contributed by atoms with Gasteiger partial charge in [0.1, 0.15) is 16.9 Å². The number of carbonyl (C=O) groups excluding carboxylic acids is 1. The smallest absolute Gasteiger partial charge is 0.222 e. The lowest BCUT2D eigenvalue weighted by atomic mass is 9.99. The van der Waals surface area contributed by atoms with E-state index in [1.165, 1.54) is 10.4 Å². The van der Waals surface area contributed by atoms with Crippen molar-refractivity contribution in [1.29, 1.82) is 0 Å². The molecular weight excluding hydrogens is 432 g/mol. The van der Waals surface area contributed by atoms with Crippen LogP contribution in [0.3, 0.4) is 0 Å². The monoisotopic (exact) mass is 456 g/mol. The van der Waals surface area contributed by atoms with Crippen LogP contribution in [0.4, 0.5) is 0 Å². The molecule has 162 valence electrons. The summed E-state index contributed by atoms with van der Waals surface area (Å²) in [4.78, 5) is 18.9. The second kappa shape index (κ2) is 8.90. The van der Waals surface area contributed by atoms with Crippen molar-refractivity contribution in [2.45, 2.75) is 39.7 Å². The molecule has 1 unspecified atom stereocenters. The summed E-state index contributed by atoms with van der Waals surface area (Å²) in [6, 6.07) is 7.20. The number of fused-ring (bicyclic) bond motifs is 3. The van der Waals surface area contributed by atoms with E-state index in [1.807, 2.05) is 35.8 Å². The number of rotatable bonds is 6. The number of aromatic nitrogens is 3. The van der Waals surface area contributed by atoms with Gasteiger partial charge in [0.15, 0.2) is 5.82 Å². The number of hydrogen-bond donors (Lipinski definition) is 2. The topological polar surface area (TPSA) is 98.2 Å². The highest BCUT2D eigenvalue weighted by Crippen LogP contribution is 2.39. The number of nitrogens with one attached hydrogen (secondary N) is 1. The first kappa shape index (κ1) is 21.7. The van der Waals surface area contributed by atoms with Gasteiger partial charge in [-0.1, -0.05) is 23.7 Å². The van der Waals surface area contributed by atoms with E-state index in [2.05, 4.69) is 29.4 Å². The third kappa shape index (κ3) is 4.15. The van der Waals surface area contributed by atoms with Crippen molar-refractivity contribution in [3.05, 3.63) is 62.5 Å². The van der Waals surface area contributed by atoms with Gasteiger partial charge in [-0.05, 0) is 51.4 Å². The Bertz CT molecular complexity index is 1150. The molecule has 3 aromatic rings. The molecular formula is C22H25ClN6OS. The van der Waals surface area contributed by atoms with Gasteiger partial charge in [-0.2, -0.15) is 0 Å². The predicted molar refractivity (Wildman–Crippen MR) is 125 cm³/mol. The van der Waals surface area contributed by atoms with Crippen LogP contribution in [0, 0.1) is 20.8 Å². The molecule has 9 heteroatoms. The van der Waals surface area contributed by atoms with Crippen LogP contribution >= 0.6 is 22.9 Å². The van der Waals surface area contributed by atoms with Crippen LogP contribution in [0.5, 0.6) is 0 Å². The Balaban J connectivity index is 1.85. The van der Waals surface area contributed by atoms with Gasteiger partial charge < -0.3 is 11.1 Å². The minimum Gasteiger partial charge on any atom is -0.356 e. The Morgan fingerprint density at radius 3 is 2.68 bits per heavy atom. The van der Waals surface area contributed by atoms with Crippen molar-refractivity contribution in [3.8, 4) is 5.00 Å². The summed E-state index contributed by atoms with van der Waals surface area (Å²) < 4.78 is 2.05. The lowest BCUT2D eigenvalue weighted by Gasteiger charge is -2.13. The molecule has 0 saturated carbocycles. The van der Waals surface area contributed by atoms with Gasteiger partial charge in [-0.15, -0.1) is 21.5 Å². The summed E-state index contributed by atoms with van der Waals surface area (Å²) in [5, 5.41) is 13.4. The van der Waals surface area contributed by atoms with E-state index in [4.69, 9.17) is 22.3 Å². The summed E-state index contributed by atoms with van der Waals surface area (Å²) in [7, 11) is 0. The number of nitrogens with two attached hydrogens (primary N) is 1. The van der Waals surface area contributed by atoms with Crippen LogP contribution in [-0.2, 0) is 4.79 Å². The van der Waals surface area contributed by atoms with Gasteiger partial charge in [-0.3, -0.25) is 14.4 Å². The maximum Gasteiger partial charge on any atom is 0.222 e. The van der Waals surface area contributed by atoms with Crippen LogP contribution in [0.2, 0.25) is 5.02 Å². The Kier molecular flexibility index (Phi) is 6.22. The van der Waals surface area contributed by atoms with Crippen LogP contribution in [0.25, 0.3) is 5.00 Å². The highest BCUT2D eigenvalue weighted by Gasteiger charge is 2.32. The molecule has 2 aromatic heterocycles. The molecule has 3 N–H and O–H groups in total. The first-order valence-corrected chi connectivity index (χ1v) is 11.4. The van der Waals surface area contributed by atoms with E-state index in [0.29, 0.717) is 23.9 Å². The zero-order chi connectivity index (χ0) is 22.1. The quantitative estimate of drug-likeness (QED) is 0.553. The normalized spacial score (nSPS) is 15.1. The zero-order valence-electron chi connectivity index (χ0n) is 17.8. The highest BCUT2D eigenvalue weighted by atomic mass is 35.5. The van der Waals surface area contributed by atoms with Gasteiger partial charge in [0, 0.05) is 27.6 Å². The number of thiophene rings is 1. The number of amides is 1. The largest absolute Gasteiger partial charge is 0.356 e. The standard InChI is InChI=1S/C22H25ClN6OS/c1-12-13(2)31-22-19(12)20(15-5-7-16(23)8-6-15)26-17(11-18(30)25-10-4-9-24)21-28-27-14(3)29(21)22/h5-8,17H,4,9-11,24H2,1-3H3,(H,25,30). The van der Waals surface area contributed by atoms with Gasteiger partial charge in [0.05, 0.1) is 12.1 Å². The molecule has 1 aromatic carbocycles. The van der Waals surface area contributed by atoms with E-state index in [0.717, 1.165) is 34.1 Å². The molecule has 0 fully saturated rings. The van der Waals surface area contributed by atoms with Crippen molar-refractivity contribution in [2.24, 2.45) is 10.7 Å². The molecule has 7 nitrogen and oxygen atoms in total. The number of carbonyl (C=O) groups is 1. The first-order valence-electron chi connectivity index (χ1n) is 10.2. The third-order valence-electron chi connectivity index (χ3n) is 5.44. The minimum atomic E-state index is -0.455. The number of aliphatic imine (C=N–C) groups is 1. The van der Waals surface area contributed by atoms with Gasteiger partial charge >= 0.3 is 0 Å². The maximum atomic E-state index is 12.6. The van der Waals surface area contributed by atoms with Gasteiger partial charge in [0.2, 0.25) is 5.91 Å². The van der Waals surface area contributed by atoms with E-state index in [-0.39, 0.29) is 12.3 Å². The molecule has 1 amide bonds. The fraction of sp³-hybridized carbons (Fsp3) is 0.364. The number of halogens is 1. The average molecular weight is 457 g/mol. The first-order chi connectivity index (χ1) is 14.9. The number of nitrogens with zero attached hydrogens (tertiary/aromatic N) is 4. The molecule has 0 spiro atoms. The molecule has 1 aliphatic heterocycles. The van der Waals surface area contributed by atoms with Gasteiger partial charge in [0.25, 0.3) is 0 Å². The number of hydrogen-bond acceptors (Lipinski definition) is 6. The van der Waals surface area contributed by atoms with Crippen molar-refractivity contribution in [2.75, 3.05) is 13.1 Å². The Morgan fingerprint density at radius 2 is 1.97 bits per heavy atom. The van der Waals surface area contributed by atoms with E-state index >= 15 is 0 Å². The molecule has 3 heterocycles. The fourth-order valence-corrected chi connectivity index (χ4v) is 5.05. The van der Waals surface area contributed by atoms with E-state index in [1.54, 1.807) is 11.3 Å². The fourth-order valence-electron chi connectivity index (χ4n) is 3.71. The SMILES string of the molecule is Cc1sc2c(c1C)C(c1ccc(Cl)cc1)=NC(CC(=O)NCCCN)c1nnc(C)n1-2. The van der Waals surface area contributed by atoms with E-state index in [9.17, 15) is 4.79 Å². The molecule has 4 rings (SSSR count). The molecule has 31 heavy (non-hydrogen) atoms. The Morgan fingerprint density at radius 1 is 1.23 bits per heavy atom. The molecule has 0 bridgehead atoms. The van der Waals surface area contributed by atoms with E-state index < -0.39 is 6.04 Å². The van der Waals surface area contributed by atoms with Gasteiger partial charge in [-0.25, -0.2) is 0 Å². The minimum absolute atomic E-state index is 0.0805. The summed E-state index contributed by atoms with van der Waals surface area (Å²) in [5.41, 5.74) is 9.56. The number of benzene rings is 1. The average Bonchev–Trinajstić information content (AvgIpc) is 3.21.